The van der Waals surface area contributed by atoms with Crippen molar-refractivity contribution in [3.8, 4) is 0 Å². The van der Waals surface area contributed by atoms with Crippen LogP contribution in [0, 0.1) is 12.8 Å². The molecule has 1 saturated heterocycles. The van der Waals surface area contributed by atoms with Gasteiger partial charge in [-0.25, -0.2) is 9.50 Å². The molecule has 0 aliphatic carbocycles. The van der Waals surface area contributed by atoms with Crippen LogP contribution in [0.25, 0.3) is 5.65 Å². The lowest BCUT2D eigenvalue weighted by atomic mass is 9.97. The molecule has 0 spiro atoms. The van der Waals surface area contributed by atoms with Gasteiger partial charge in [-0.15, -0.1) is 5.10 Å². The van der Waals surface area contributed by atoms with E-state index in [2.05, 4.69) is 20.4 Å². The number of rotatable bonds is 3. The number of nitrogens with one attached hydrogen (secondary N) is 1. The van der Waals surface area contributed by atoms with Crippen molar-refractivity contribution in [1.29, 1.82) is 0 Å². The van der Waals surface area contributed by atoms with Gasteiger partial charge in [-0.05, 0) is 43.5 Å². The number of hydrogen-bond acceptors (Lipinski definition) is 5. The molecule has 1 unspecified atom stereocenters. The average Bonchev–Trinajstić information content (AvgIpc) is 3.11. The number of piperidine rings is 1. The first-order valence-electron chi connectivity index (χ1n) is 9.21. The zero-order valence-corrected chi connectivity index (χ0v) is 15.6. The van der Waals surface area contributed by atoms with Gasteiger partial charge in [-0.2, -0.15) is 13.2 Å². The van der Waals surface area contributed by atoms with Crippen LogP contribution in [0.15, 0.2) is 36.8 Å². The highest BCUT2D eigenvalue weighted by Gasteiger charge is 2.42. The number of nitrogens with zero attached hydrogens (tertiary/aromatic N) is 5. The highest BCUT2D eigenvalue weighted by atomic mass is 19.4. The molecular formula is C19H19F3N6O. The van der Waals surface area contributed by atoms with Gasteiger partial charge < -0.3 is 10.2 Å². The van der Waals surface area contributed by atoms with Gasteiger partial charge in [0.05, 0.1) is 24.0 Å². The van der Waals surface area contributed by atoms with Crippen LogP contribution in [-0.2, 0) is 0 Å². The van der Waals surface area contributed by atoms with E-state index in [1.54, 1.807) is 29.3 Å². The standard InChI is InChI=1S/C19H19F3N6O/c1-12-7-14(9-23-8-12)25-18(29)15-10-24-16-4-5-17(26-28(15)16)27-6-2-3-13(11-27)19(20,21)22/h4-5,7-10,13H,2-3,6,11H2,1H3,(H,25,29). The molecule has 1 aliphatic heterocycles. The van der Waals surface area contributed by atoms with E-state index in [1.807, 2.05) is 6.92 Å². The molecule has 152 valence electrons. The molecular weight excluding hydrogens is 385 g/mol. The third-order valence-corrected chi connectivity index (χ3v) is 4.92. The van der Waals surface area contributed by atoms with Gasteiger partial charge in [0.15, 0.2) is 11.3 Å². The number of halogens is 3. The van der Waals surface area contributed by atoms with Gasteiger partial charge in [0, 0.05) is 19.3 Å². The number of hydrogen-bond donors (Lipinski definition) is 1. The lowest BCUT2D eigenvalue weighted by Crippen LogP contribution is -2.42. The lowest BCUT2D eigenvalue weighted by Gasteiger charge is -2.34. The van der Waals surface area contributed by atoms with Crippen molar-refractivity contribution in [3.63, 3.8) is 0 Å². The van der Waals surface area contributed by atoms with E-state index in [0.717, 1.165) is 5.56 Å². The first kappa shape index (κ1) is 19.2. The minimum absolute atomic E-state index is 0.117. The molecule has 4 rings (SSSR count). The second-order valence-corrected chi connectivity index (χ2v) is 7.14. The number of fused-ring (bicyclic) bond motifs is 1. The molecule has 1 fully saturated rings. The Morgan fingerprint density at radius 1 is 1.24 bits per heavy atom. The molecule has 4 heterocycles. The SMILES string of the molecule is Cc1cncc(NC(=O)c2cnc3ccc(N4CCCC(C(F)(F)F)C4)nn23)c1. The second-order valence-electron chi connectivity index (χ2n) is 7.14. The monoisotopic (exact) mass is 404 g/mol. The Morgan fingerprint density at radius 2 is 2.07 bits per heavy atom. The number of pyridine rings is 1. The Hall–Kier alpha value is -3.17. The predicted molar refractivity (Wildman–Crippen MR) is 101 cm³/mol. The van der Waals surface area contributed by atoms with E-state index in [4.69, 9.17) is 0 Å². The predicted octanol–water partition coefficient (Wildman–Crippen LogP) is 3.46. The molecule has 0 saturated carbocycles. The summed E-state index contributed by atoms with van der Waals surface area (Å²) in [6.45, 7) is 2.20. The van der Waals surface area contributed by atoms with Crippen molar-refractivity contribution in [2.75, 3.05) is 23.3 Å². The fourth-order valence-electron chi connectivity index (χ4n) is 3.46. The molecule has 3 aromatic heterocycles. The minimum Gasteiger partial charge on any atom is -0.355 e. The largest absolute Gasteiger partial charge is 0.393 e. The first-order chi connectivity index (χ1) is 13.8. The molecule has 3 aromatic rings. The van der Waals surface area contributed by atoms with E-state index >= 15 is 0 Å². The van der Waals surface area contributed by atoms with Crippen LogP contribution >= 0.6 is 0 Å². The maximum absolute atomic E-state index is 13.1. The van der Waals surface area contributed by atoms with Gasteiger partial charge in [0.2, 0.25) is 0 Å². The van der Waals surface area contributed by atoms with Crippen LogP contribution < -0.4 is 10.2 Å². The Balaban J connectivity index is 1.60. The third-order valence-electron chi connectivity index (χ3n) is 4.92. The molecule has 0 bridgehead atoms. The number of carbonyl (C=O) groups is 1. The summed E-state index contributed by atoms with van der Waals surface area (Å²) < 4.78 is 40.7. The molecule has 10 heteroatoms. The Labute approximate surface area is 164 Å². The van der Waals surface area contributed by atoms with Gasteiger partial charge in [0.25, 0.3) is 5.91 Å². The zero-order chi connectivity index (χ0) is 20.6. The van der Waals surface area contributed by atoms with Crippen LogP contribution in [0.1, 0.15) is 28.9 Å². The van der Waals surface area contributed by atoms with E-state index < -0.39 is 18.0 Å². The summed E-state index contributed by atoms with van der Waals surface area (Å²) in [6.07, 6.45) is 0.902. The fourth-order valence-corrected chi connectivity index (χ4v) is 3.46. The smallest absolute Gasteiger partial charge is 0.355 e. The number of aromatic nitrogens is 4. The summed E-state index contributed by atoms with van der Waals surface area (Å²) in [5.74, 6) is -1.43. The van der Waals surface area contributed by atoms with E-state index in [0.29, 0.717) is 30.1 Å². The summed E-state index contributed by atoms with van der Waals surface area (Å²) in [4.78, 5) is 22.5. The molecule has 7 nitrogen and oxygen atoms in total. The van der Waals surface area contributed by atoms with E-state index in [-0.39, 0.29) is 18.7 Å². The van der Waals surface area contributed by atoms with Crippen molar-refractivity contribution < 1.29 is 18.0 Å². The summed E-state index contributed by atoms with van der Waals surface area (Å²) in [5.41, 5.74) is 2.05. The van der Waals surface area contributed by atoms with Crippen LogP contribution in [0.4, 0.5) is 24.7 Å². The van der Waals surface area contributed by atoms with Gasteiger partial charge in [0.1, 0.15) is 5.82 Å². The number of amides is 1. The summed E-state index contributed by atoms with van der Waals surface area (Å²) in [7, 11) is 0. The Kier molecular flexibility index (Phi) is 4.85. The number of carbonyl (C=O) groups excluding carboxylic acids is 1. The highest BCUT2D eigenvalue weighted by Crippen LogP contribution is 2.34. The van der Waals surface area contributed by atoms with Crippen LogP contribution in [0.2, 0.25) is 0 Å². The molecule has 29 heavy (non-hydrogen) atoms. The van der Waals surface area contributed by atoms with Crippen molar-refractivity contribution in [1.82, 2.24) is 19.6 Å². The van der Waals surface area contributed by atoms with Crippen LogP contribution in [0.3, 0.4) is 0 Å². The molecule has 1 aliphatic rings. The van der Waals surface area contributed by atoms with Gasteiger partial charge in [-0.3, -0.25) is 9.78 Å². The molecule has 0 radical (unpaired) electrons. The molecule has 1 atom stereocenters. The van der Waals surface area contributed by atoms with E-state index in [1.165, 1.54) is 16.9 Å². The molecule has 1 amide bonds. The van der Waals surface area contributed by atoms with E-state index in [9.17, 15) is 18.0 Å². The van der Waals surface area contributed by atoms with Crippen molar-refractivity contribution in [2.24, 2.45) is 5.92 Å². The first-order valence-corrected chi connectivity index (χ1v) is 9.21. The van der Waals surface area contributed by atoms with Crippen molar-refractivity contribution in [2.45, 2.75) is 25.9 Å². The maximum Gasteiger partial charge on any atom is 0.393 e. The second kappa shape index (κ2) is 7.34. The minimum atomic E-state index is -4.23. The van der Waals surface area contributed by atoms with Gasteiger partial charge in [-0.1, -0.05) is 0 Å². The lowest BCUT2D eigenvalue weighted by molar-refractivity contribution is -0.176. The number of imidazole rings is 1. The number of anilines is 2. The van der Waals surface area contributed by atoms with Crippen molar-refractivity contribution >= 4 is 23.1 Å². The van der Waals surface area contributed by atoms with Crippen LogP contribution in [-0.4, -0.2) is 44.8 Å². The topological polar surface area (TPSA) is 75.4 Å². The average molecular weight is 404 g/mol. The Morgan fingerprint density at radius 3 is 2.83 bits per heavy atom. The third kappa shape index (κ3) is 4.01. The zero-order valence-electron chi connectivity index (χ0n) is 15.6. The Bertz CT molecular complexity index is 1050. The number of alkyl halides is 3. The summed E-state index contributed by atoms with van der Waals surface area (Å²) in [5, 5.41) is 7.13. The maximum atomic E-state index is 13.1. The number of aryl methyl sites for hydroxylation is 1. The van der Waals surface area contributed by atoms with Crippen LogP contribution in [0.5, 0.6) is 0 Å². The quantitative estimate of drug-likeness (QED) is 0.724. The summed E-state index contributed by atoms with van der Waals surface area (Å²) in [6, 6.07) is 5.05. The molecule has 1 N–H and O–H groups in total. The fraction of sp³-hybridized carbons (Fsp3) is 0.368. The normalized spacial score (nSPS) is 17.5. The van der Waals surface area contributed by atoms with Crippen molar-refractivity contribution in [3.05, 3.63) is 48.0 Å². The summed E-state index contributed by atoms with van der Waals surface area (Å²) >= 11 is 0. The molecule has 0 aromatic carbocycles. The van der Waals surface area contributed by atoms with Gasteiger partial charge >= 0.3 is 6.18 Å². The highest BCUT2D eigenvalue weighted by molar-refractivity contribution is 6.03.